The highest BCUT2D eigenvalue weighted by Gasteiger charge is 2.34. The summed E-state index contributed by atoms with van der Waals surface area (Å²) in [4.78, 5) is 26.5. The maximum atomic E-state index is 12.3. The molecule has 24 heavy (non-hydrogen) atoms. The van der Waals surface area contributed by atoms with Gasteiger partial charge in [-0.2, -0.15) is 0 Å². The summed E-state index contributed by atoms with van der Waals surface area (Å²) in [6.07, 6.45) is -0.503. The Hall–Kier alpha value is -1.54. The smallest absolute Gasteiger partial charge is 0.317 e. The average Bonchev–Trinajstić information content (AvgIpc) is 2.92. The molecule has 2 atom stereocenters. The Morgan fingerprint density at radius 3 is 2.58 bits per heavy atom. The molecule has 1 aliphatic heterocycles. The Kier molecular flexibility index (Phi) is 6.28. The van der Waals surface area contributed by atoms with Gasteiger partial charge in [0.05, 0.1) is 17.3 Å². The molecule has 8 heteroatoms. The molecule has 0 radical (unpaired) electrons. The normalized spacial score (nSPS) is 20.3. The van der Waals surface area contributed by atoms with E-state index in [2.05, 4.69) is 0 Å². The van der Waals surface area contributed by atoms with E-state index >= 15 is 0 Å². The van der Waals surface area contributed by atoms with Crippen LogP contribution in [0.2, 0.25) is 0 Å². The van der Waals surface area contributed by atoms with Gasteiger partial charge in [0.25, 0.3) is 5.91 Å². The highest BCUT2D eigenvalue weighted by atomic mass is 32.2. The lowest BCUT2D eigenvalue weighted by Crippen LogP contribution is -2.44. The predicted octanol–water partition coefficient (Wildman–Crippen LogP) is 1.36. The highest BCUT2D eigenvalue weighted by molar-refractivity contribution is 8.00. The maximum absolute atomic E-state index is 12.3. The van der Waals surface area contributed by atoms with Crippen molar-refractivity contribution in [3.8, 4) is 0 Å². The van der Waals surface area contributed by atoms with Gasteiger partial charge in [0.1, 0.15) is 0 Å². The van der Waals surface area contributed by atoms with Crippen LogP contribution in [0, 0.1) is 0 Å². The van der Waals surface area contributed by atoms with E-state index < -0.39 is 21.9 Å². The van der Waals surface area contributed by atoms with Gasteiger partial charge in [-0.15, -0.1) is 11.8 Å². The van der Waals surface area contributed by atoms with E-state index in [1.807, 2.05) is 30.3 Å². The fourth-order valence-electron chi connectivity index (χ4n) is 2.49. The van der Waals surface area contributed by atoms with Crippen LogP contribution in [0.15, 0.2) is 35.2 Å². The van der Waals surface area contributed by atoms with Crippen molar-refractivity contribution in [3.63, 3.8) is 0 Å². The Labute approximate surface area is 146 Å². The molecule has 0 aromatic heterocycles. The summed E-state index contributed by atoms with van der Waals surface area (Å²) < 4.78 is 28.2. The van der Waals surface area contributed by atoms with Gasteiger partial charge in [0.15, 0.2) is 15.9 Å². The largest absolute Gasteiger partial charge is 0.452 e. The number of ether oxygens (including phenoxy) is 1. The number of rotatable bonds is 6. The van der Waals surface area contributed by atoms with Crippen LogP contribution in [0.4, 0.5) is 0 Å². The lowest BCUT2D eigenvalue weighted by molar-refractivity contribution is -0.157. The van der Waals surface area contributed by atoms with Crippen molar-refractivity contribution in [3.05, 3.63) is 30.3 Å². The number of amides is 1. The van der Waals surface area contributed by atoms with Crippen molar-refractivity contribution in [2.75, 3.05) is 24.3 Å². The van der Waals surface area contributed by atoms with Gasteiger partial charge in [0, 0.05) is 18.0 Å². The van der Waals surface area contributed by atoms with Crippen LogP contribution >= 0.6 is 11.8 Å². The van der Waals surface area contributed by atoms with Crippen LogP contribution in [0.5, 0.6) is 0 Å². The van der Waals surface area contributed by atoms with Crippen LogP contribution < -0.4 is 0 Å². The van der Waals surface area contributed by atoms with Crippen LogP contribution in [0.1, 0.15) is 13.3 Å². The lowest BCUT2D eigenvalue weighted by Gasteiger charge is -2.26. The SMILES string of the molecule is C[C@H](OC(=O)CSc1ccccc1)C(=O)N(C)[C@H]1CCS(=O)(=O)C1. The first-order valence-corrected chi connectivity index (χ1v) is 10.4. The summed E-state index contributed by atoms with van der Waals surface area (Å²) in [5.41, 5.74) is 0. The van der Waals surface area contributed by atoms with Crippen molar-refractivity contribution in [1.29, 1.82) is 0 Å². The molecule has 0 N–H and O–H groups in total. The summed E-state index contributed by atoms with van der Waals surface area (Å²) >= 11 is 1.34. The molecular weight excluding hydrogens is 350 g/mol. The monoisotopic (exact) mass is 371 g/mol. The van der Waals surface area contributed by atoms with Gasteiger partial charge in [-0.05, 0) is 25.5 Å². The van der Waals surface area contributed by atoms with E-state index in [-0.39, 0.29) is 29.2 Å². The third-order valence-electron chi connectivity index (χ3n) is 3.86. The maximum Gasteiger partial charge on any atom is 0.317 e. The molecule has 1 aromatic carbocycles. The van der Waals surface area contributed by atoms with Crippen LogP contribution in [-0.4, -0.2) is 61.6 Å². The first-order valence-electron chi connectivity index (χ1n) is 7.63. The third kappa shape index (κ3) is 5.24. The number of sulfone groups is 1. The van der Waals surface area contributed by atoms with E-state index in [0.717, 1.165) is 4.90 Å². The second-order valence-electron chi connectivity index (χ2n) is 5.74. The van der Waals surface area contributed by atoms with E-state index in [1.165, 1.54) is 23.6 Å². The third-order valence-corrected chi connectivity index (χ3v) is 6.60. The van der Waals surface area contributed by atoms with Gasteiger partial charge in [0.2, 0.25) is 0 Å². The Morgan fingerprint density at radius 2 is 2.00 bits per heavy atom. The Balaban J connectivity index is 1.81. The number of hydrogen-bond acceptors (Lipinski definition) is 6. The summed E-state index contributed by atoms with van der Waals surface area (Å²) in [5, 5.41) is 0. The second-order valence-corrected chi connectivity index (χ2v) is 9.02. The number of thioether (sulfide) groups is 1. The lowest BCUT2D eigenvalue weighted by atomic mass is 10.2. The molecule has 0 saturated carbocycles. The van der Waals surface area contributed by atoms with E-state index in [4.69, 9.17) is 4.74 Å². The van der Waals surface area contributed by atoms with Gasteiger partial charge in [-0.25, -0.2) is 8.42 Å². The van der Waals surface area contributed by atoms with E-state index in [1.54, 1.807) is 7.05 Å². The Bertz CT molecular complexity index is 690. The number of carbonyl (C=O) groups excluding carboxylic acids is 2. The first kappa shape index (κ1) is 18.8. The van der Waals surface area contributed by atoms with Gasteiger partial charge < -0.3 is 9.64 Å². The molecule has 1 heterocycles. The quantitative estimate of drug-likeness (QED) is 0.555. The van der Waals surface area contributed by atoms with Crippen molar-refractivity contribution in [2.45, 2.75) is 30.4 Å². The van der Waals surface area contributed by atoms with Gasteiger partial charge in [-0.3, -0.25) is 9.59 Å². The van der Waals surface area contributed by atoms with E-state index in [0.29, 0.717) is 6.42 Å². The number of esters is 1. The molecule has 132 valence electrons. The summed E-state index contributed by atoms with van der Waals surface area (Å²) in [6.45, 7) is 1.51. The minimum absolute atomic E-state index is 0.0280. The minimum atomic E-state index is -3.07. The van der Waals surface area contributed by atoms with Crippen LogP contribution in [0.25, 0.3) is 0 Å². The molecule has 0 spiro atoms. The zero-order chi connectivity index (χ0) is 17.7. The highest BCUT2D eigenvalue weighted by Crippen LogP contribution is 2.19. The number of carbonyl (C=O) groups is 2. The van der Waals surface area contributed by atoms with Gasteiger partial charge >= 0.3 is 5.97 Å². The van der Waals surface area contributed by atoms with E-state index in [9.17, 15) is 18.0 Å². The summed E-state index contributed by atoms with van der Waals surface area (Å²) in [7, 11) is -1.51. The molecule has 1 aromatic rings. The molecule has 1 aliphatic rings. The molecule has 6 nitrogen and oxygen atoms in total. The van der Waals surface area contributed by atoms with Crippen LogP contribution in [-0.2, 0) is 24.2 Å². The number of benzene rings is 1. The minimum Gasteiger partial charge on any atom is -0.452 e. The molecule has 1 saturated heterocycles. The van der Waals surface area contributed by atoms with Gasteiger partial charge in [-0.1, -0.05) is 18.2 Å². The first-order chi connectivity index (χ1) is 11.3. The average molecular weight is 371 g/mol. The number of likely N-dealkylation sites (N-methyl/N-ethyl adjacent to an activating group) is 1. The second kappa shape index (κ2) is 8.02. The number of nitrogens with zero attached hydrogens (tertiary/aromatic N) is 1. The molecule has 0 aliphatic carbocycles. The fraction of sp³-hybridized carbons (Fsp3) is 0.500. The molecular formula is C16H21NO5S2. The number of hydrogen-bond donors (Lipinski definition) is 0. The molecule has 2 rings (SSSR count). The predicted molar refractivity (Wildman–Crippen MR) is 92.5 cm³/mol. The molecule has 1 amide bonds. The van der Waals surface area contributed by atoms with Crippen molar-refractivity contribution < 1.29 is 22.7 Å². The standard InChI is InChI=1S/C16H21NO5S2/c1-12(16(19)17(2)13-8-9-24(20,21)11-13)22-15(18)10-23-14-6-4-3-5-7-14/h3-7,12-13H,8-11H2,1-2H3/t12-,13-/m0/s1. The van der Waals surface area contributed by atoms with Crippen molar-refractivity contribution >= 4 is 33.5 Å². The molecule has 1 fully saturated rings. The van der Waals surface area contributed by atoms with Crippen LogP contribution in [0.3, 0.4) is 0 Å². The fourth-order valence-corrected chi connectivity index (χ4v) is 4.96. The summed E-state index contributed by atoms with van der Waals surface area (Å²) in [6, 6.07) is 9.08. The van der Waals surface area contributed by atoms with Crippen molar-refractivity contribution in [2.24, 2.45) is 0 Å². The molecule has 0 unspecified atom stereocenters. The Morgan fingerprint density at radius 1 is 1.33 bits per heavy atom. The zero-order valence-electron chi connectivity index (χ0n) is 13.7. The summed E-state index contributed by atoms with van der Waals surface area (Å²) in [5.74, 6) is -0.674. The van der Waals surface area contributed by atoms with Crippen molar-refractivity contribution in [1.82, 2.24) is 4.90 Å². The zero-order valence-corrected chi connectivity index (χ0v) is 15.3. The topological polar surface area (TPSA) is 80.8 Å². The molecule has 0 bridgehead atoms.